The molecule has 4 aromatic rings. The molecule has 2 aromatic carbocycles. The molecule has 2 aromatic heterocycles. The van der Waals surface area contributed by atoms with E-state index in [0.29, 0.717) is 28.7 Å². The van der Waals surface area contributed by atoms with Crippen molar-refractivity contribution in [2.75, 3.05) is 11.5 Å². The number of nitrogens with zero attached hydrogens (tertiary/aromatic N) is 3. The molecule has 0 amide bonds. The highest BCUT2D eigenvalue weighted by atomic mass is 35.5. The van der Waals surface area contributed by atoms with E-state index in [1.807, 2.05) is 67.6 Å². The third-order valence-corrected chi connectivity index (χ3v) is 7.74. The first-order valence-corrected chi connectivity index (χ1v) is 12.3. The Bertz CT molecular complexity index is 1290. The molecule has 1 saturated heterocycles. The standard InChI is InChI=1S/C23H21ClN4O2S/c1-15-19(22(24)28(27-15)18-12-13-31(29,30)14-18)23-25-20(16-8-4-2-5-9-16)21(26-23)17-10-6-3-7-11-17/h2-11,18H,12-14H2,1H3,(H,25,26)/t18-/m1/s1. The second-order valence-electron chi connectivity index (χ2n) is 7.79. The van der Waals surface area contributed by atoms with Gasteiger partial charge in [0, 0.05) is 11.1 Å². The fourth-order valence-electron chi connectivity index (χ4n) is 4.11. The monoisotopic (exact) mass is 452 g/mol. The average Bonchev–Trinajstić information content (AvgIpc) is 3.44. The zero-order valence-electron chi connectivity index (χ0n) is 16.9. The predicted octanol–water partition coefficient (Wildman–Crippen LogP) is 4.93. The molecular formula is C23H21ClN4O2S. The lowest BCUT2D eigenvalue weighted by Crippen LogP contribution is -2.12. The molecule has 8 heteroatoms. The van der Waals surface area contributed by atoms with E-state index in [2.05, 4.69) is 10.1 Å². The van der Waals surface area contributed by atoms with Crippen LogP contribution in [0.1, 0.15) is 18.2 Å². The van der Waals surface area contributed by atoms with Gasteiger partial charge in [0.2, 0.25) is 0 Å². The molecule has 1 aliphatic rings. The van der Waals surface area contributed by atoms with Gasteiger partial charge in [-0.05, 0) is 13.3 Å². The Morgan fingerprint density at radius 1 is 1.03 bits per heavy atom. The number of aryl methyl sites for hydroxylation is 1. The first-order chi connectivity index (χ1) is 14.9. The van der Waals surface area contributed by atoms with Gasteiger partial charge in [0.1, 0.15) is 11.0 Å². The van der Waals surface area contributed by atoms with Crippen LogP contribution in [-0.4, -0.2) is 39.7 Å². The normalized spacial score (nSPS) is 17.8. The zero-order valence-corrected chi connectivity index (χ0v) is 18.5. The number of nitrogens with one attached hydrogen (secondary N) is 1. The molecule has 5 rings (SSSR count). The van der Waals surface area contributed by atoms with Gasteiger partial charge in [-0.25, -0.2) is 18.1 Å². The first-order valence-electron chi connectivity index (χ1n) is 10.1. The largest absolute Gasteiger partial charge is 0.337 e. The zero-order chi connectivity index (χ0) is 21.6. The summed E-state index contributed by atoms with van der Waals surface area (Å²) in [6.45, 7) is 1.87. The molecule has 158 valence electrons. The number of aromatic nitrogens is 4. The minimum Gasteiger partial charge on any atom is -0.337 e. The third kappa shape index (κ3) is 3.68. The van der Waals surface area contributed by atoms with Crippen LogP contribution in [0.25, 0.3) is 33.9 Å². The first kappa shape index (κ1) is 20.0. The summed E-state index contributed by atoms with van der Waals surface area (Å²) in [7, 11) is -3.05. The van der Waals surface area contributed by atoms with Gasteiger partial charge in [0.15, 0.2) is 9.84 Å². The summed E-state index contributed by atoms with van der Waals surface area (Å²) in [5.74, 6) is 0.849. The van der Waals surface area contributed by atoms with Crippen molar-refractivity contribution >= 4 is 21.4 Å². The smallest absolute Gasteiger partial charge is 0.152 e. The van der Waals surface area contributed by atoms with E-state index in [1.54, 1.807) is 4.68 Å². The molecule has 0 aliphatic carbocycles. The van der Waals surface area contributed by atoms with Gasteiger partial charge in [-0.15, -0.1) is 0 Å². The Morgan fingerprint density at radius 3 is 2.29 bits per heavy atom. The minimum atomic E-state index is -3.05. The molecule has 0 spiro atoms. The number of sulfone groups is 1. The number of imidazole rings is 1. The highest BCUT2D eigenvalue weighted by Crippen LogP contribution is 2.38. The van der Waals surface area contributed by atoms with Crippen LogP contribution < -0.4 is 0 Å². The number of rotatable bonds is 4. The van der Waals surface area contributed by atoms with E-state index < -0.39 is 9.84 Å². The summed E-state index contributed by atoms with van der Waals surface area (Å²) in [4.78, 5) is 8.35. The summed E-state index contributed by atoms with van der Waals surface area (Å²) in [5.41, 5.74) is 5.14. The predicted molar refractivity (Wildman–Crippen MR) is 123 cm³/mol. The SMILES string of the molecule is Cc1nn([C@@H]2CCS(=O)(=O)C2)c(Cl)c1-c1nc(-c2ccccc2)c(-c2ccccc2)[nH]1. The van der Waals surface area contributed by atoms with Crippen molar-refractivity contribution in [3.63, 3.8) is 0 Å². The van der Waals surface area contributed by atoms with E-state index in [9.17, 15) is 8.42 Å². The van der Waals surface area contributed by atoms with Crippen molar-refractivity contribution in [3.8, 4) is 33.9 Å². The van der Waals surface area contributed by atoms with Crippen LogP contribution in [0.5, 0.6) is 0 Å². The van der Waals surface area contributed by atoms with Crippen molar-refractivity contribution < 1.29 is 8.42 Å². The molecule has 0 radical (unpaired) electrons. The maximum atomic E-state index is 11.9. The van der Waals surface area contributed by atoms with Crippen molar-refractivity contribution in [2.45, 2.75) is 19.4 Å². The summed E-state index contributed by atoms with van der Waals surface area (Å²) >= 11 is 6.74. The highest BCUT2D eigenvalue weighted by molar-refractivity contribution is 7.91. The van der Waals surface area contributed by atoms with Crippen LogP contribution in [0.2, 0.25) is 5.15 Å². The topological polar surface area (TPSA) is 80.6 Å². The van der Waals surface area contributed by atoms with Gasteiger partial charge in [-0.1, -0.05) is 72.3 Å². The molecule has 0 unspecified atom stereocenters. The van der Waals surface area contributed by atoms with Crippen LogP contribution in [-0.2, 0) is 9.84 Å². The van der Waals surface area contributed by atoms with Crippen LogP contribution >= 0.6 is 11.6 Å². The number of aromatic amines is 1. The lowest BCUT2D eigenvalue weighted by molar-refractivity contribution is 0.498. The number of halogens is 1. The molecule has 6 nitrogen and oxygen atoms in total. The average molecular weight is 453 g/mol. The highest BCUT2D eigenvalue weighted by Gasteiger charge is 2.33. The summed E-state index contributed by atoms with van der Waals surface area (Å²) in [5, 5.41) is 4.99. The lowest BCUT2D eigenvalue weighted by Gasteiger charge is -2.09. The number of hydrogen-bond acceptors (Lipinski definition) is 4. The Kier molecular flexibility index (Phi) is 4.95. The number of benzene rings is 2. The lowest BCUT2D eigenvalue weighted by atomic mass is 10.1. The van der Waals surface area contributed by atoms with Crippen molar-refractivity contribution in [2.24, 2.45) is 0 Å². The van der Waals surface area contributed by atoms with Gasteiger partial charge < -0.3 is 4.98 Å². The second kappa shape index (κ2) is 7.66. The van der Waals surface area contributed by atoms with Crippen molar-refractivity contribution in [3.05, 3.63) is 71.5 Å². The number of hydrogen-bond donors (Lipinski definition) is 1. The van der Waals surface area contributed by atoms with Crippen LogP contribution in [0, 0.1) is 6.92 Å². The number of H-pyrrole nitrogens is 1. The maximum absolute atomic E-state index is 11.9. The van der Waals surface area contributed by atoms with Gasteiger partial charge in [-0.3, -0.25) is 0 Å². The van der Waals surface area contributed by atoms with Gasteiger partial charge in [0.05, 0.1) is 40.2 Å². The fraction of sp³-hybridized carbons (Fsp3) is 0.217. The summed E-state index contributed by atoms with van der Waals surface area (Å²) < 4.78 is 25.5. The maximum Gasteiger partial charge on any atom is 0.152 e. The molecular weight excluding hydrogens is 432 g/mol. The molecule has 1 atom stereocenters. The van der Waals surface area contributed by atoms with E-state index in [1.165, 1.54) is 0 Å². The van der Waals surface area contributed by atoms with E-state index in [0.717, 1.165) is 22.5 Å². The summed E-state index contributed by atoms with van der Waals surface area (Å²) in [6.07, 6.45) is 0.519. The minimum absolute atomic E-state index is 0.0654. The second-order valence-corrected chi connectivity index (χ2v) is 10.4. The van der Waals surface area contributed by atoms with Gasteiger partial charge >= 0.3 is 0 Å². The van der Waals surface area contributed by atoms with Gasteiger partial charge in [-0.2, -0.15) is 5.10 Å². The molecule has 3 heterocycles. The molecule has 1 N–H and O–H groups in total. The van der Waals surface area contributed by atoms with E-state index in [4.69, 9.17) is 16.6 Å². The Balaban J connectivity index is 1.64. The van der Waals surface area contributed by atoms with Crippen LogP contribution in [0.3, 0.4) is 0 Å². The fourth-order valence-corrected chi connectivity index (χ4v) is 6.20. The quantitative estimate of drug-likeness (QED) is 0.476. The van der Waals surface area contributed by atoms with E-state index >= 15 is 0 Å². The van der Waals surface area contributed by atoms with Crippen molar-refractivity contribution in [1.29, 1.82) is 0 Å². The molecule has 1 fully saturated rings. The van der Waals surface area contributed by atoms with Gasteiger partial charge in [0.25, 0.3) is 0 Å². The Morgan fingerprint density at radius 2 is 1.68 bits per heavy atom. The van der Waals surface area contributed by atoms with E-state index in [-0.39, 0.29) is 17.5 Å². The Hall–Kier alpha value is -2.90. The third-order valence-electron chi connectivity index (χ3n) is 5.63. The molecule has 0 saturated carbocycles. The molecule has 0 bridgehead atoms. The molecule has 1 aliphatic heterocycles. The van der Waals surface area contributed by atoms with Crippen molar-refractivity contribution in [1.82, 2.24) is 19.7 Å². The summed E-state index contributed by atoms with van der Waals surface area (Å²) in [6, 6.07) is 19.7. The Labute approximate surface area is 185 Å². The van der Waals surface area contributed by atoms with Crippen LogP contribution in [0.4, 0.5) is 0 Å². The van der Waals surface area contributed by atoms with Crippen LogP contribution in [0.15, 0.2) is 60.7 Å². The molecule has 31 heavy (non-hydrogen) atoms.